The summed E-state index contributed by atoms with van der Waals surface area (Å²) in [5.41, 5.74) is 4.21. The summed E-state index contributed by atoms with van der Waals surface area (Å²) in [6, 6.07) is 39.6. The number of carbonyl (C=O) groups excluding carboxylic acids is 3. The van der Waals surface area contributed by atoms with Gasteiger partial charge in [0.05, 0.1) is 45.2 Å². The zero-order valence-corrected chi connectivity index (χ0v) is 34.8. The van der Waals surface area contributed by atoms with Gasteiger partial charge < -0.3 is 39.2 Å². The number of anilines is 1. The summed E-state index contributed by atoms with van der Waals surface area (Å²) >= 11 is 0. The van der Waals surface area contributed by atoms with E-state index in [1.807, 2.05) is 122 Å². The van der Waals surface area contributed by atoms with Crippen molar-refractivity contribution in [1.82, 2.24) is 10.6 Å². The summed E-state index contributed by atoms with van der Waals surface area (Å²) in [6.45, 7) is 0.559. The van der Waals surface area contributed by atoms with Gasteiger partial charge in [-0.25, -0.2) is 0 Å². The molecule has 0 saturated carbocycles. The summed E-state index contributed by atoms with van der Waals surface area (Å²) in [7, 11) is 8.68. The average molecular weight is 816 g/mol. The summed E-state index contributed by atoms with van der Waals surface area (Å²) in [4.78, 5) is 39.9. The van der Waals surface area contributed by atoms with Crippen molar-refractivity contribution < 1.29 is 38.1 Å². The second-order valence-electron chi connectivity index (χ2n) is 13.9. The molecule has 0 saturated heterocycles. The predicted molar refractivity (Wildman–Crippen MR) is 231 cm³/mol. The maximum Gasteiger partial charge on any atom is 0.306 e. The number of benzene rings is 5. The van der Waals surface area contributed by atoms with Crippen LogP contribution in [0.15, 0.2) is 138 Å². The zero-order valence-electron chi connectivity index (χ0n) is 34.8. The Kier molecular flexibility index (Phi) is 16.7. The number of azo groups is 1. The summed E-state index contributed by atoms with van der Waals surface area (Å²) in [5, 5.41) is 14.0. The number of esters is 1. The molecule has 0 fully saturated rings. The number of hydrogen-bond donors (Lipinski definition) is 2. The van der Waals surface area contributed by atoms with Gasteiger partial charge in [-0.2, -0.15) is 10.2 Å². The van der Waals surface area contributed by atoms with Crippen LogP contribution in [-0.2, 0) is 29.4 Å². The highest BCUT2D eigenvalue weighted by molar-refractivity contribution is 5.94. The molecule has 314 valence electrons. The first-order valence-electron chi connectivity index (χ1n) is 19.7. The monoisotopic (exact) mass is 815 g/mol. The molecule has 0 spiro atoms. The van der Waals surface area contributed by atoms with Crippen LogP contribution >= 0.6 is 0 Å². The molecule has 0 aliphatic carbocycles. The Balaban J connectivity index is 1.23. The van der Waals surface area contributed by atoms with Gasteiger partial charge in [0.25, 0.3) is 5.91 Å². The number of nitrogens with zero attached hydrogens (tertiary/aromatic N) is 3. The van der Waals surface area contributed by atoms with Crippen molar-refractivity contribution in [3.05, 3.63) is 150 Å². The molecule has 13 heteroatoms. The molecule has 5 aromatic carbocycles. The average Bonchev–Trinajstić information content (AvgIpc) is 3.29. The molecule has 0 aliphatic rings. The van der Waals surface area contributed by atoms with Crippen LogP contribution in [0.1, 0.15) is 46.3 Å². The Labute approximate surface area is 351 Å². The minimum atomic E-state index is -1.16. The van der Waals surface area contributed by atoms with Crippen molar-refractivity contribution in [2.75, 3.05) is 66.6 Å². The van der Waals surface area contributed by atoms with Crippen molar-refractivity contribution in [3.63, 3.8) is 0 Å². The first kappa shape index (κ1) is 44.5. The third-order valence-corrected chi connectivity index (χ3v) is 9.62. The molecular weight excluding hydrogens is 763 g/mol. The quantitative estimate of drug-likeness (QED) is 0.0309. The molecule has 2 amide bonds. The molecule has 1 unspecified atom stereocenters. The van der Waals surface area contributed by atoms with Crippen LogP contribution in [0.4, 0.5) is 17.1 Å². The smallest absolute Gasteiger partial charge is 0.306 e. The number of carbonyl (C=O) groups is 3. The first-order valence-corrected chi connectivity index (χ1v) is 19.7. The van der Waals surface area contributed by atoms with Gasteiger partial charge in [0.15, 0.2) is 0 Å². The standard InChI is InChI=1S/C47H53N5O8/c1-48-44(53)28-29-45(54)60-43(32-58-31-9-30-49-46(55)34-12-18-38(19-13-34)50-51-39-20-22-40(23-21-39)52(2)3)33-59-47(35-10-7-6-8-11-35,36-14-24-41(56-4)25-15-36)37-16-26-42(57-5)27-17-37/h6-8,10-27,43H,9,28-33H2,1-5H3,(H,48,53)(H,49,55)/b51-50+. The van der Waals surface area contributed by atoms with Gasteiger partial charge in [-0.05, 0) is 95.9 Å². The van der Waals surface area contributed by atoms with Crippen LogP contribution in [0.2, 0.25) is 0 Å². The molecule has 13 nitrogen and oxygen atoms in total. The Morgan fingerprint density at radius 3 is 1.77 bits per heavy atom. The molecule has 1 atom stereocenters. The summed E-state index contributed by atoms with van der Waals surface area (Å²) < 4.78 is 29.8. The van der Waals surface area contributed by atoms with Crippen LogP contribution in [-0.4, -0.2) is 85.6 Å². The number of ether oxygens (including phenoxy) is 5. The predicted octanol–water partition coefficient (Wildman–Crippen LogP) is 7.77. The number of amides is 2. The second kappa shape index (κ2) is 22.5. The number of nitrogens with one attached hydrogen (secondary N) is 2. The molecule has 2 N–H and O–H groups in total. The van der Waals surface area contributed by atoms with E-state index in [2.05, 4.69) is 20.9 Å². The third-order valence-electron chi connectivity index (χ3n) is 9.62. The van der Waals surface area contributed by atoms with E-state index in [-0.39, 0.29) is 44.5 Å². The van der Waals surface area contributed by atoms with Crippen molar-refractivity contribution in [3.8, 4) is 11.5 Å². The van der Waals surface area contributed by atoms with E-state index in [0.717, 1.165) is 28.1 Å². The molecule has 0 heterocycles. The summed E-state index contributed by atoms with van der Waals surface area (Å²) in [6.07, 6.45) is -0.482. The minimum absolute atomic E-state index is 0.00552. The molecule has 60 heavy (non-hydrogen) atoms. The fourth-order valence-corrected chi connectivity index (χ4v) is 6.30. The van der Waals surface area contributed by atoms with Crippen LogP contribution < -0.4 is 25.0 Å². The summed E-state index contributed by atoms with van der Waals surface area (Å²) in [5.74, 6) is 0.295. The van der Waals surface area contributed by atoms with Gasteiger partial charge in [0, 0.05) is 52.0 Å². The van der Waals surface area contributed by atoms with Crippen LogP contribution in [0.25, 0.3) is 0 Å². The van der Waals surface area contributed by atoms with E-state index >= 15 is 0 Å². The topological polar surface area (TPSA) is 149 Å². The van der Waals surface area contributed by atoms with Crippen LogP contribution in [0.5, 0.6) is 11.5 Å². The Hall–Kier alpha value is -6.57. The van der Waals surface area contributed by atoms with E-state index in [4.69, 9.17) is 23.7 Å². The Morgan fingerprint density at radius 2 is 1.23 bits per heavy atom. The van der Waals surface area contributed by atoms with Crippen molar-refractivity contribution in [1.29, 1.82) is 0 Å². The lowest BCUT2D eigenvalue weighted by Gasteiger charge is -2.37. The van der Waals surface area contributed by atoms with Crippen LogP contribution in [0, 0.1) is 0 Å². The normalized spacial score (nSPS) is 11.8. The van der Waals surface area contributed by atoms with Gasteiger partial charge in [0.2, 0.25) is 5.91 Å². The van der Waals surface area contributed by atoms with Gasteiger partial charge in [-0.15, -0.1) is 0 Å². The second-order valence-corrected chi connectivity index (χ2v) is 13.9. The Morgan fingerprint density at radius 1 is 0.683 bits per heavy atom. The fourth-order valence-electron chi connectivity index (χ4n) is 6.30. The van der Waals surface area contributed by atoms with Gasteiger partial charge >= 0.3 is 5.97 Å². The van der Waals surface area contributed by atoms with Crippen LogP contribution in [0.3, 0.4) is 0 Å². The third kappa shape index (κ3) is 12.5. The van der Waals surface area contributed by atoms with E-state index < -0.39 is 17.7 Å². The van der Waals surface area contributed by atoms with E-state index in [1.54, 1.807) is 38.5 Å². The number of rotatable bonds is 22. The molecule has 5 rings (SSSR count). The largest absolute Gasteiger partial charge is 0.497 e. The molecule has 0 bridgehead atoms. The highest BCUT2D eigenvalue weighted by Gasteiger charge is 2.39. The first-order chi connectivity index (χ1) is 29.1. The SMILES string of the molecule is CNC(=O)CCC(=O)OC(COCCCNC(=O)c1ccc(/N=N/c2ccc(N(C)C)cc2)cc1)COC(c1ccccc1)(c1ccc(OC)cc1)c1ccc(OC)cc1. The molecule has 0 aliphatic heterocycles. The van der Waals surface area contributed by atoms with Gasteiger partial charge in [0.1, 0.15) is 23.2 Å². The van der Waals surface area contributed by atoms with Gasteiger partial charge in [-0.3, -0.25) is 14.4 Å². The molecular formula is C47H53N5O8. The maximum atomic E-state index is 13.0. The minimum Gasteiger partial charge on any atom is -0.497 e. The zero-order chi connectivity index (χ0) is 42.7. The molecule has 0 radical (unpaired) electrons. The van der Waals surface area contributed by atoms with Gasteiger partial charge in [-0.1, -0.05) is 54.6 Å². The van der Waals surface area contributed by atoms with Crippen molar-refractivity contribution >= 4 is 34.8 Å². The number of methoxy groups -OCH3 is 2. The molecule has 0 aromatic heterocycles. The van der Waals surface area contributed by atoms with E-state index in [0.29, 0.717) is 35.7 Å². The number of hydrogen-bond acceptors (Lipinski definition) is 11. The lowest BCUT2D eigenvalue weighted by Crippen LogP contribution is -2.38. The lowest BCUT2D eigenvalue weighted by molar-refractivity contribution is -0.160. The highest BCUT2D eigenvalue weighted by atomic mass is 16.6. The van der Waals surface area contributed by atoms with Crippen molar-refractivity contribution in [2.45, 2.75) is 31.0 Å². The molecule has 5 aromatic rings. The Bertz CT molecular complexity index is 2080. The van der Waals surface area contributed by atoms with E-state index in [9.17, 15) is 14.4 Å². The van der Waals surface area contributed by atoms with Crippen molar-refractivity contribution in [2.24, 2.45) is 10.2 Å². The lowest BCUT2D eigenvalue weighted by atomic mass is 9.80. The van der Waals surface area contributed by atoms with E-state index in [1.165, 1.54) is 7.05 Å². The fraction of sp³-hybridized carbons (Fsp3) is 0.298. The maximum absolute atomic E-state index is 13.0. The highest BCUT2D eigenvalue weighted by Crippen LogP contribution is 2.42.